The van der Waals surface area contributed by atoms with Gasteiger partial charge in [-0.1, -0.05) is 0 Å². The molecule has 0 unspecified atom stereocenters. The SMILES string of the molecule is Cc1nc2c(F)cc(F)cc2n1-c1nc(N)nc(Nc2ccc(OC(F)F)cc2)n1.Cl. The fourth-order valence-electron chi connectivity index (χ4n) is 2.86. The topological polar surface area (TPSA) is 104 Å². The normalized spacial score (nSPS) is 10.9. The Morgan fingerprint density at radius 1 is 1.03 bits per heavy atom. The molecular weight excluding hydrogens is 442 g/mol. The lowest BCUT2D eigenvalue weighted by molar-refractivity contribution is -0.0498. The van der Waals surface area contributed by atoms with E-state index in [4.69, 9.17) is 5.73 Å². The summed E-state index contributed by atoms with van der Waals surface area (Å²) in [6, 6.07) is 7.44. The predicted octanol–water partition coefficient (Wildman–Crippen LogP) is 4.15. The lowest BCUT2D eigenvalue weighted by Crippen LogP contribution is -2.10. The smallest absolute Gasteiger partial charge is 0.387 e. The first-order valence-corrected chi connectivity index (χ1v) is 8.48. The zero-order valence-electron chi connectivity index (χ0n) is 15.7. The summed E-state index contributed by atoms with van der Waals surface area (Å²) in [4.78, 5) is 16.3. The van der Waals surface area contributed by atoms with Crippen LogP contribution in [0.3, 0.4) is 0 Å². The molecule has 8 nitrogen and oxygen atoms in total. The molecule has 0 aliphatic rings. The molecule has 3 N–H and O–H groups in total. The van der Waals surface area contributed by atoms with Crippen molar-refractivity contribution in [3.05, 3.63) is 53.9 Å². The van der Waals surface area contributed by atoms with Crippen molar-refractivity contribution in [3.8, 4) is 11.7 Å². The van der Waals surface area contributed by atoms with E-state index in [0.29, 0.717) is 11.5 Å². The number of alkyl halides is 2. The molecule has 31 heavy (non-hydrogen) atoms. The first-order valence-electron chi connectivity index (χ1n) is 8.48. The summed E-state index contributed by atoms with van der Waals surface area (Å²) >= 11 is 0. The van der Waals surface area contributed by atoms with Crippen LogP contribution in [-0.2, 0) is 0 Å². The average molecular weight is 456 g/mol. The number of hydrogen-bond acceptors (Lipinski definition) is 7. The van der Waals surface area contributed by atoms with Gasteiger partial charge in [-0.3, -0.25) is 4.57 Å². The molecule has 0 radical (unpaired) electrons. The number of nitrogens with zero attached hydrogens (tertiary/aromatic N) is 5. The van der Waals surface area contributed by atoms with Crippen molar-refractivity contribution < 1.29 is 22.3 Å². The molecule has 0 amide bonds. The van der Waals surface area contributed by atoms with Crippen LogP contribution in [0.25, 0.3) is 17.0 Å². The van der Waals surface area contributed by atoms with E-state index in [-0.39, 0.29) is 47.0 Å². The van der Waals surface area contributed by atoms with E-state index in [0.717, 1.165) is 12.1 Å². The van der Waals surface area contributed by atoms with Crippen LogP contribution >= 0.6 is 12.4 Å². The molecule has 2 heterocycles. The van der Waals surface area contributed by atoms with E-state index in [1.807, 2.05) is 0 Å². The number of aryl methyl sites for hydroxylation is 1. The molecule has 0 spiro atoms. The van der Waals surface area contributed by atoms with E-state index in [9.17, 15) is 17.6 Å². The second-order valence-corrected chi connectivity index (χ2v) is 6.09. The molecule has 13 heteroatoms. The second-order valence-electron chi connectivity index (χ2n) is 6.09. The number of rotatable bonds is 5. The number of anilines is 3. The number of nitrogens with one attached hydrogen (secondary N) is 1. The number of nitrogen functional groups attached to an aromatic ring is 1. The monoisotopic (exact) mass is 455 g/mol. The van der Waals surface area contributed by atoms with Gasteiger partial charge in [0.15, 0.2) is 5.82 Å². The molecule has 4 rings (SSSR count). The molecule has 0 aliphatic heterocycles. The van der Waals surface area contributed by atoms with Gasteiger partial charge in [0.25, 0.3) is 0 Å². The van der Waals surface area contributed by atoms with Gasteiger partial charge in [0.1, 0.15) is 22.9 Å². The second kappa shape index (κ2) is 8.60. The van der Waals surface area contributed by atoms with Gasteiger partial charge in [-0.25, -0.2) is 13.8 Å². The highest BCUT2D eigenvalue weighted by molar-refractivity contribution is 5.85. The third-order valence-corrected chi connectivity index (χ3v) is 4.02. The number of nitrogens with two attached hydrogens (primary N) is 1. The number of benzene rings is 2. The minimum Gasteiger partial charge on any atom is -0.435 e. The number of ether oxygens (including phenoxy) is 1. The van der Waals surface area contributed by atoms with Gasteiger partial charge in [-0.15, -0.1) is 12.4 Å². The Hall–Kier alpha value is -3.67. The Labute approximate surface area is 178 Å². The van der Waals surface area contributed by atoms with E-state index < -0.39 is 18.2 Å². The van der Waals surface area contributed by atoms with Crippen molar-refractivity contribution in [1.29, 1.82) is 0 Å². The Bertz CT molecular complexity index is 1230. The molecular formula is C18H14ClF4N7O. The maximum Gasteiger partial charge on any atom is 0.387 e. The Morgan fingerprint density at radius 2 is 1.74 bits per heavy atom. The molecule has 0 fully saturated rings. The fraction of sp³-hybridized carbons (Fsp3) is 0.111. The predicted molar refractivity (Wildman–Crippen MR) is 107 cm³/mol. The van der Waals surface area contributed by atoms with Crippen LogP contribution in [0.5, 0.6) is 5.75 Å². The minimum absolute atomic E-state index is 0. The standard InChI is InChI=1S/C18H13F4N7O.ClH/c1-8-24-14-12(20)6-9(19)7-13(14)29(8)18-27-16(23)26-17(28-18)25-10-2-4-11(5-3-10)30-15(21)22;/h2-7,15H,1H3,(H3,23,25,26,27,28);1H. The molecule has 0 saturated heterocycles. The van der Waals surface area contributed by atoms with Crippen molar-refractivity contribution in [1.82, 2.24) is 24.5 Å². The van der Waals surface area contributed by atoms with Crippen LogP contribution in [0, 0.1) is 18.6 Å². The lowest BCUT2D eigenvalue weighted by atomic mass is 10.3. The van der Waals surface area contributed by atoms with E-state index in [1.54, 1.807) is 6.92 Å². The van der Waals surface area contributed by atoms with Crippen LogP contribution in [0.2, 0.25) is 0 Å². The fourth-order valence-corrected chi connectivity index (χ4v) is 2.86. The van der Waals surface area contributed by atoms with Crippen LogP contribution < -0.4 is 15.8 Å². The van der Waals surface area contributed by atoms with Gasteiger partial charge in [0.2, 0.25) is 17.8 Å². The number of aromatic nitrogens is 5. The summed E-state index contributed by atoms with van der Waals surface area (Å²) in [6.45, 7) is -1.36. The maximum atomic E-state index is 14.1. The molecule has 2 aromatic heterocycles. The molecule has 0 atom stereocenters. The molecule has 0 bridgehead atoms. The van der Waals surface area contributed by atoms with Crippen LogP contribution in [0.4, 0.5) is 35.1 Å². The van der Waals surface area contributed by atoms with Crippen molar-refractivity contribution in [2.24, 2.45) is 0 Å². The summed E-state index contributed by atoms with van der Waals surface area (Å²) in [7, 11) is 0. The Morgan fingerprint density at radius 3 is 2.42 bits per heavy atom. The van der Waals surface area contributed by atoms with E-state index >= 15 is 0 Å². The third-order valence-electron chi connectivity index (χ3n) is 4.02. The van der Waals surface area contributed by atoms with Crippen LogP contribution in [0.1, 0.15) is 5.82 Å². The number of halogens is 5. The van der Waals surface area contributed by atoms with E-state index in [2.05, 4.69) is 30.0 Å². The molecule has 2 aromatic carbocycles. The van der Waals surface area contributed by atoms with E-state index in [1.165, 1.54) is 28.8 Å². The third kappa shape index (κ3) is 4.58. The lowest BCUT2D eigenvalue weighted by Gasteiger charge is -2.10. The summed E-state index contributed by atoms with van der Waals surface area (Å²) in [5.74, 6) is -1.45. The first kappa shape index (κ1) is 22.0. The van der Waals surface area contributed by atoms with Crippen LogP contribution in [0.15, 0.2) is 36.4 Å². The first-order chi connectivity index (χ1) is 14.3. The Kier molecular flexibility index (Phi) is 6.11. The van der Waals surface area contributed by atoms with Gasteiger partial charge in [0, 0.05) is 17.8 Å². The summed E-state index contributed by atoms with van der Waals surface area (Å²) < 4.78 is 57.9. The molecule has 4 aromatic rings. The van der Waals surface area contributed by atoms with Gasteiger partial charge in [-0.2, -0.15) is 23.7 Å². The molecule has 0 aliphatic carbocycles. The van der Waals surface area contributed by atoms with Gasteiger partial charge in [-0.05, 0) is 31.2 Å². The minimum atomic E-state index is -2.93. The van der Waals surface area contributed by atoms with Gasteiger partial charge in [0.05, 0.1) is 5.52 Å². The van der Waals surface area contributed by atoms with Crippen molar-refractivity contribution in [2.45, 2.75) is 13.5 Å². The zero-order chi connectivity index (χ0) is 21.4. The quantitative estimate of drug-likeness (QED) is 0.436. The molecule has 162 valence electrons. The van der Waals surface area contributed by atoms with Crippen molar-refractivity contribution in [2.75, 3.05) is 11.1 Å². The highest BCUT2D eigenvalue weighted by Gasteiger charge is 2.17. The summed E-state index contributed by atoms with van der Waals surface area (Å²) in [6.07, 6.45) is 0. The summed E-state index contributed by atoms with van der Waals surface area (Å²) in [5, 5.41) is 2.85. The highest BCUT2D eigenvalue weighted by Crippen LogP contribution is 2.25. The zero-order valence-corrected chi connectivity index (χ0v) is 16.5. The average Bonchev–Trinajstić information content (AvgIpc) is 2.99. The largest absolute Gasteiger partial charge is 0.435 e. The Balaban J connectivity index is 0.00000272. The van der Waals surface area contributed by atoms with Crippen molar-refractivity contribution in [3.63, 3.8) is 0 Å². The number of fused-ring (bicyclic) bond motifs is 1. The summed E-state index contributed by atoms with van der Waals surface area (Å²) in [5.41, 5.74) is 6.30. The number of imidazole rings is 1. The van der Waals surface area contributed by atoms with Crippen LogP contribution in [-0.4, -0.2) is 31.1 Å². The highest BCUT2D eigenvalue weighted by atomic mass is 35.5. The van der Waals surface area contributed by atoms with Crippen molar-refractivity contribution >= 4 is 41.0 Å². The van der Waals surface area contributed by atoms with Gasteiger partial charge < -0.3 is 15.8 Å². The molecule has 0 saturated carbocycles. The number of hydrogen-bond donors (Lipinski definition) is 2. The maximum absolute atomic E-state index is 14.1. The van der Waals surface area contributed by atoms with Gasteiger partial charge >= 0.3 is 6.61 Å².